The van der Waals surface area contributed by atoms with Crippen molar-refractivity contribution in [3.63, 3.8) is 0 Å². The van der Waals surface area contributed by atoms with Crippen molar-refractivity contribution in [3.05, 3.63) is 0 Å². The molecule has 3 aliphatic rings. The summed E-state index contributed by atoms with van der Waals surface area (Å²) in [5.41, 5.74) is -1.77. The molecule has 3 aliphatic carbocycles. The minimum absolute atomic E-state index is 0.150. The van der Waals surface area contributed by atoms with Gasteiger partial charge in [-0.15, -0.1) is 4.72 Å². The fourth-order valence-electron chi connectivity index (χ4n) is 3.50. The number of ether oxygens (including phenoxy) is 1. The zero-order valence-corrected chi connectivity index (χ0v) is 14.0. The molecule has 3 saturated carbocycles. The van der Waals surface area contributed by atoms with Crippen LogP contribution in [0.25, 0.3) is 0 Å². The summed E-state index contributed by atoms with van der Waals surface area (Å²) in [6.45, 7) is 6.75. The van der Waals surface area contributed by atoms with E-state index in [-0.39, 0.29) is 25.9 Å². The average molecular weight is 341 g/mol. The Labute approximate surface area is 131 Å². The summed E-state index contributed by atoms with van der Waals surface area (Å²) in [6, 6.07) is -1.85. The number of nitrogens with one attached hydrogen (secondary N) is 1. The van der Waals surface area contributed by atoms with Crippen LogP contribution in [-0.4, -0.2) is 34.1 Å². The minimum atomic E-state index is -4.50. The SMILES string of the molecule is CCOC(=O)C12CC(C(N[S+]([O-])C(C)(C)C)C(F)(F)F)(C1)C2. The van der Waals surface area contributed by atoms with E-state index in [4.69, 9.17) is 4.74 Å². The second-order valence-corrected chi connectivity index (χ2v) is 9.36. The lowest BCUT2D eigenvalue weighted by molar-refractivity contribution is -0.282. The molecular formula is C14H22F3NO3S. The number of hydrogen-bond acceptors (Lipinski definition) is 4. The van der Waals surface area contributed by atoms with Crippen LogP contribution in [0, 0.1) is 10.8 Å². The largest absolute Gasteiger partial charge is 0.598 e. The summed E-state index contributed by atoms with van der Waals surface area (Å²) in [5.74, 6) is -0.408. The normalized spacial score (nSPS) is 33.5. The van der Waals surface area contributed by atoms with Gasteiger partial charge in [-0.1, -0.05) is 0 Å². The molecule has 0 aliphatic heterocycles. The summed E-state index contributed by atoms with van der Waals surface area (Å²) in [6.07, 6.45) is -4.05. The van der Waals surface area contributed by atoms with E-state index in [9.17, 15) is 22.5 Å². The van der Waals surface area contributed by atoms with Gasteiger partial charge < -0.3 is 9.29 Å². The molecule has 0 aromatic rings. The third kappa shape index (κ3) is 2.85. The van der Waals surface area contributed by atoms with Crippen LogP contribution in [0.2, 0.25) is 0 Å². The van der Waals surface area contributed by atoms with E-state index in [0.717, 1.165) is 0 Å². The van der Waals surface area contributed by atoms with Gasteiger partial charge in [-0.2, -0.15) is 13.2 Å². The van der Waals surface area contributed by atoms with Gasteiger partial charge in [0.1, 0.15) is 4.75 Å². The van der Waals surface area contributed by atoms with E-state index >= 15 is 0 Å². The van der Waals surface area contributed by atoms with Gasteiger partial charge >= 0.3 is 12.1 Å². The van der Waals surface area contributed by atoms with E-state index in [1.165, 1.54) is 0 Å². The van der Waals surface area contributed by atoms with Crippen molar-refractivity contribution in [3.8, 4) is 0 Å². The second kappa shape index (κ2) is 5.27. The molecule has 3 rings (SSSR count). The fraction of sp³-hybridized carbons (Fsp3) is 0.929. The van der Waals surface area contributed by atoms with Gasteiger partial charge in [0.05, 0.1) is 12.0 Å². The van der Waals surface area contributed by atoms with Gasteiger partial charge in [0.25, 0.3) is 0 Å². The first-order valence-electron chi connectivity index (χ1n) is 7.28. The van der Waals surface area contributed by atoms with Crippen molar-refractivity contribution in [1.29, 1.82) is 0 Å². The highest BCUT2D eigenvalue weighted by atomic mass is 32.2. The Kier molecular flexibility index (Phi) is 4.29. The predicted molar refractivity (Wildman–Crippen MR) is 76.2 cm³/mol. The van der Waals surface area contributed by atoms with Gasteiger partial charge in [-0.3, -0.25) is 4.79 Å². The first kappa shape index (κ1) is 17.9. The van der Waals surface area contributed by atoms with Crippen molar-refractivity contribution in [1.82, 2.24) is 4.72 Å². The molecule has 8 heteroatoms. The Bertz CT molecular complexity index is 441. The predicted octanol–water partition coefficient (Wildman–Crippen LogP) is 2.70. The Hall–Kier alpha value is -0.470. The molecule has 22 heavy (non-hydrogen) atoms. The summed E-state index contributed by atoms with van der Waals surface area (Å²) in [5, 5.41) is 0. The van der Waals surface area contributed by atoms with Crippen molar-refractivity contribution in [2.45, 2.75) is 63.9 Å². The number of alkyl halides is 3. The summed E-state index contributed by atoms with van der Waals surface area (Å²) in [7, 11) is 0. The van der Waals surface area contributed by atoms with Gasteiger partial charge in [-0.05, 0) is 47.0 Å². The number of halogens is 3. The van der Waals surface area contributed by atoms with Crippen LogP contribution >= 0.6 is 0 Å². The highest BCUT2D eigenvalue weighted by Gasteiger charge is 2.78. The van der Waals surface area contributed by atoms with Gasteiger partial charge in [0.2, 0.25) is 0 Å². The van der Waals surface area contributed by atoms with E-state index in [0.29, 0.717) is 0 Å². The maximum absolute atomic E-state index is 13.4. The first-order chi connectivity index (χ1) is 9.86. The maximum atomic E-state index is 13.4. The average Bonchev–Trinajstić information content (AvgIpc) is 2.21. The lowest BCUT2D eigenvalue weighted by Gasteiger charge is -2.70. The maximum Gasteiger partial charge on any atom is 0.408 e. The van der Waals surface area contributed by atoms with Gasteiger partial charge in [0, 0.05) is 16.8 Å². The van der Waals surface area contributed by atoms with Crippen LogP contribution in [0.3, 0.4) is 0 Å². The van der Waals surface area contributed by atoms with Crippen LogP contribution in [0.4, 0.5) is 13.2 Å². The molecule has 2 unspecified atom stereocenters. The second-order valence-electron chi connectivity index (χ2n) is 7.37. The number of carbonyl (C=O) groups excluding carboxylic acids is 1. The zero-order valence-electron chi connectivity index (χ0n) is 13.2. The standard InChI is InChI=1S/C14H22F3NO3S/c1-5-21-10(19)13-6-12(7-13,8-13)9(14(15,16)17)18-22(20)11(2,3)4/h9,18H,5-8H2,1-4H3. The number of rotatable bonds is 5. The summed E-state index contributed by atoms with van der Waals surface area (Å²) in [4.78, 5) is 11.8. The van der Waals surface area contributed by atoms with Crippen LogP contribution < -0.4 is 4.72 Å². The highest BCUT2D eigenvalue weighted by molar-refractivity contribution is 7.90. The first-order valence-corrected chi connectivity index (χ1v) is 8.43. The third-order valence-corrected chi connectivity index (χ3v) is 6.06. The molecular weight excluding hydrogens is 319 g/mol. The Balaban J connectivity index is 2.07. The molecule has 0 radical (unpaired) electrons. The smallest absolute Gasteiger partial charge is 0.408 e. The third-order valence-electron chi connectivity index (χ3n) is 4.50. The van der Waals surface area contributed by atoms with Crippen molar-refractivity contribution >= 4 is 17.3 Å². The molecule has 1 N–H and O–H groups in total. The molecule has 0 aromatic heterocycles. The summed E-state index contributed by atoms with van der Waals surface area (Å²) < 4.78 is 58.6. The van der Waals surface area contributed by atoms with E-state index in [1.807, 2.05) is 0 Å². The Morgan fingerprint density at radius 1 is 1.32 bits per heavy atom. The molecule has 0 amide bonds. The molecule has 0 saturated heterocycles. The van der Waals surface area contributed by atoms with Gasteiger partial charge in [-0.25, -0.2) is 0 Å². The minimum Gasteiger partial charge on any atom is -0.598 e. The topological polar surface area (TPSA) is 61.4 Å². The molecule has 2 bridgehead atoms. The molecule has 0 aromatic carbocycles. The molecule has 128 valence electrons. The molecule has 2 atom stereocenters. The lowest BCUT2D eigenvalue weighted by Crippen LogP contribution is -2.75. The molecule has 3 fully saturated rings. The van der Waals surface area contributed by atoms with Gasteiger partial charge in [0.15, 0.2) is 6.04 Å². The van der Waals surface area contributed by atoms with Crippen LogP contribution in [0.5, 0.6) is 0 Å². The zero-order chi connectivity index (χ0) is 17.0. The van der Waals surface area contributed by atoms with E-state index < -0.39 is 45.1 Å². The van der Waals surface area contributed by atoms with Crippen LogP contribution in [0.1, 0.15) is 47.0 Å². The van der Waals surface area contributed by atoms with Crippen LogP contribution in [-0.2, 0) is 20.9 Å². The van der Waals surface area contributed by atoms with Crippen molar-refractivity contribution in [2.75, 3.05) is 6.61 Å². The number of carbonyl (C=O) groups is 1. The van der Waals surface area contributed by atoms with Crippen molar-refractivity contribution < 1.29 is 27.3 Å². The Morgan fingerprint density at radius 3 is 2.18 bits per heavy atom. The molecule has 0 heterocycles. The monoisotopic (exact) mass is 341 g/mol. The highest BCUT2D eigenvalue weighted by Crippen LogP contribution is 2.76. The number of esters is 1. The van der Waals surface area contributed by atoms with E-state index in [2.05, 4.69) is 4.72 Å². The quantitative estimate of drug-likeness (QED) is 0.617. The Morgan fingerprint density at radius 2 is 1.82 bits per heavy atom. The van der Waals surface area contributed by atoms with Crippen LogP contribution in [0.15, 0.2) is 0 Å². The van der Waals surface area contributed by atoms with Crippen molar-refractivity contribution in [2.24, 2.45) is 10.8 Å². The number of hydrogen-bond donors (Lipinski definition) is 1. The molecule has 0 spiro atoms. The fourth-order valence-corrected chi connectivity index (χ4v) is 4.45. The molecule has 4 nitrogen and oxygen atoms in total. The lowest BCUT2D eigenvalue weighted by atomic mass is 9.33. The van der Waals surface area contributed by atoms with E-state index in [1.54, 1.807) is 27.7 Å². The summed E-state index contributed by atoms with van der Waals surface area (Å²) >= 11 is -1.82.